The summed E-state index contributed by atoms with van der Waals surface area (Å²) in [6.07, 6.45) is 2.70. The molecule has 0 bridgehead atoms. The molecule has 15 heavy (non-hydrogen) atoms. The van der Waals surface area contributed by atoms with Crippen molar-refractivity contribution < 1.29 is 0 Å². The van der Waals surface area contributed by atoms with E-state index < -0.39 is 0 Å². The number of anilines is 1. The van der Waals surface area contributed by atoms with Gasteiger partial charge < -0.3 is 10.2 Å². The molecule has 0 fully saturated rings. The van der Waals surface area contributed by atoms with Gasteiger partial charge in [0.05, 0.1) is 0 Å². The lowest BCUT2D eigenvalue weighted by Crippen LogP contribution is -2.27. The normalized spacial score (nSPS) is 10.7. The fraction of sp³-hybridized carbons (Fsp3) is 0.636. The van der Waals surface area contributed by atoms with E-state index in [9.17, 15) is 0 Å². The van der Waals surface area contributed by atoms with Gasteiger partial charge in [0.15, 0.2) is 0 Å². The average molecular weight is 208 g/mol. The Labute approximate surface area is 91.7 Å². The van der Waals surface area contributed by atoms with Gasteiger partial charge in [-0.3, -0.25) is 0 Å². The predicted molar refractivity (Wildman–Crippen MR) is 63.2 cm³/mol. The fourth-order valence-corrected chi connectivity index (χ4v) is 1.21. The highest BCUT2D eigenvalue weighted by molar-refractivity contribution is 5.37. The minimum atomic E-state index is 0.456. The summed E-state index contributed by atoms with van der Waals surface area (Å²) in [4.78, 5) is 10.9. The summed E-state index contributed by atoms with van der Waals surface area (Å²) in [5.74, 6) is 1.89. The highest BCUT2D eigenvalue weighted by Crippen LogP contribution is 2.10. The molecule has 0 atom stereocenters. The van der Waals surface area contributed by atoms with Gasteiger partial charge in [0, 0.05) is 32.3 Å². The van der Waals surface area contributed by atoms with Gasteiger partial charge in [-0.25, -0.2) is 9.97 Å². The van der Waals surface area contributed by atoms with E-state index in [4.69, 9.17) is 0 Å². The molecule has 0 amide bonds. The molecule has 0 spiro atoms. The van der Waals surface area contributed by atoms with Gasteiger partial charge >= 0.3 is 0 Å². The molecule has 0 aliphatic heterocycles. The van der Waals surface area contributed by atoms with Crippen LogP contribution >= 0.6 is 0 Å². The summed E-state index contributed by atoms with van der Waals surface area (Å²) in [6, 6.07) is 2.40. The van der Waals surface area contributed by atoms with Crippen LogP contribution in [0.15, 0.2) is 12.3 Å². The fourth-order valence-electron chi connectivity index (χ4n) is 1.21. The Morgan fingerprint density at radius 3 is 2.80 bits per heavy atom. The summed E-state index contributed by atoms with van der Waals surface area (Å²) in [7, 11) is 3.99. The quantitative estimate of drug-likeness (QED) is 0.786. The van der Waals surface area contributed by atoms with Crippen molar-refractivity contribution in [1.29, 1.82) is 0 Å². The molecular weight excluding hydrogens is 188 g/mol. The van der Waals surface area contributed by atoms with Gasteiger partial charge in [0.1, 0.15) is 11.6 Å². The van der Waals surface area contributed by atoms with Gasteiger partial charge in [-0.15, -0.1) is 0 Å². The minimum Gasteiger partial charge on any atom is -0.357 e. The third-order valence-corrected chi connectivity index (χ3v) is 2.43. The first-order valence-electron chi connectivity index (χ1n) is 5.34. The third-order valence-electron chi connectivity index (χ3n) is 2.43. The number of hydrogen-bond acceptors (Lipinski definition) is 4. The maximum Gasteiger partial charge on any atom is 0.132 e. The maximum atomic E-state index is 4.51. The lowest BCUT2D eigenvalue weighted by molar-refractivity contribution is 0.721. The van der Waals surface area contributed by atoms with Gasteiger partial charge in [0.2, 0.25) is 0 Å². The molecule has 0 aliphatic carbocycles. The van der Waals surface area contributed by atoms with E-state index in [1.54, 1.807) is 0 Å². The van der Waals surface area contributed by atoms with E-state index in [2.05, 4.69) is 41.1 Å². The number of hydrogen-bond donors (Lipinski definition) is 1. The first-order valence-corrected chi connectivity index (χ1v) is 5.34. The largest absolute Gasteiger partial charge is 0.357 e. The number of rotatable bonds is 5. The number of nitrogens with one attached hydrogen (secondary N) is 1. The van der Waals surface area contributed by atoms with E-state index in [0.717, 1.165) is 24.6 Å². The summed E-state index contributed by atoms with van der Waals surface area (Å²) in [5, 5.41) is 3.09. The molecule has 1 rings (SSSR count). The Kier molecular flexibility index (Phi) is 4.49. The van der Waals surface area contributed by atoms with E-state index in [0.29, 0.717) is 6.04 Å². The van der Waals surface area contributed by atoms with Crippen LogP contribution in [0.2, 0.25) is 0 Å². The van der Waals surface area contributed by atoms with Crippen molar-refractivity contribution in [2.75, 3.05) is 25.5 Å². The SMILES string of the molecule is CNCCc1nccc(N(C)C(C)C)n1. The van der Waals surface area contributed by atoms with Crippen molar-refractivity contribution in [2.24, 2.45) is 0 Å². The molecule has 1 aromatic rings. The van der Waals surface area contributed by atoms with Crippen molar-refractivity contribution in [3.05, 3.63) is 18.1 Å². The second-order valence-corrected chi connectivity index (χ2v) is 3.89. The topological polar surface area (TPSA) is 41.1 Å². The predicted octanol–water partition coefficient (Wildman–Crippen LogP) is 1.08. The smallest absolute Gasteiger partial charge is 0.132 e. The lowest BCUT2D eigenvalue weighted by atomic mass is 10.3. The van der Waals surface area contributed by atoms with E-state index >= 15 is 0 Å². The molecule has 0 saturated heterocycles. The zero-order valence-electron chi connectivity index (χ0n) is 9.99. The summed E-state index contributed by atoms with van der Waals surface area (Å²) in [6.45, 7) is 5.21. The van der Waals surface area contributed by atoms with Gasteiger partial charge in [-0.2, -0.15) is 0 Å². The van der Waals surface area contributed by atoms with Crippen LogP contribution in [0.5, 0.6) is 0 Å². The molecule has 1 N–H and O–H groups in total. The number of nitrogens with zero attached hydrogens (tertiary/aromatic N) is 3. The van der Waals surface area contributed by atoms with Gasteiger partial charge in [-0.05, 0) is 27.0 Å². The van der Waals surface area contributed by atoms with Crippen molar-refractivity contribution in [2.45, 2.75) is 26.3 Å². The molecule has 0 aromatic carbocycles. The molecule has 84 valence electrons. The van der Waals surface area contributed by atoms with Gasteiger partial charge in [0.25, 0.3) is 0 Å². The molecular formula is C11H20N4. The van der Waals surface area contributed by atoms with E-state index in [1.165, 1.54) is 0 Å². The maximum absolute atomic E-state index is 4.51. The van der Waals surface area contributed by atoms with Crippen molar-refractivity contribution in [3.63, 3.8) is 0 Å². The minimum absolute atomic E-state index is 0.456. The first-order chi connectivity index (χ1) is 7.15. The monoisotopic (exact) mass is 208 g/mol. The number of likely N-dealkylation sites (N-methyl/N-ethyl adjacent to an activating group) is 1. The second kappa shape index (κ2) is 5.66. The van der Waals surface area contributed by atoms with E-state index in [1.807, 2.05) is 19.3 Å². The third kappa shape index (κ3) is 3.47. The standard InChI is InChI=1S/C11H20N4/c1-9(2)15(4)11-6-8-13-10(14-11)5-7-12-3/h6,8-9,12H,5,7H2,1-4H3. The highest BCUT2D eigenvalue weighted by Gasteiger charge is 2.07. The van der Waals surface area contributed by atoms with Crippen molar-refractivity contribution >= 4 is 5.82 Å². The molecule has 1 aromatic heterocycles. The zero-order valence-corrected chi connectivity index (χ0v) is 9.99. The van der Waals surface area contributed by atoms with Gasteiger partial charge in [-0.1, -0.05) is 0 Å². The molecule has 4 heteroatoms. The Bertz CT molecular complexity index is 298. The first kappa shape index (κ1) is 11.9. The Morgan fingerprint density at radius 2 is 2.20 bits per heavy atom. The zero-order chi connectivity index (χ0) is 11.3. The highest BCUT2D eigenvalue weighted by atomic mass is 15.2. The molecule has 1 heterocycles. The molecule has 4 nitrogen and oxygen atoms in total. The number of aromatic nitrogens is 2. The van der Waals surface area contributed by atoms with Crippen molar-refractivity contribution in [1.82, 2.24) is 15.3 Å². The summed E-state index contributed by atoms with van der Waals surface area (Å²) in [5.41, 5.74) is 0. The van der Waals surface area contributed by atoms with Crippen molar-refractivity contribution in [3.8, 4) is 0 Å². The van der Waals surface area contributed by atoms with Crippen LogP contribution in [-0.4, -0.2) is 36.6 Å². The Hall–Kier alpha value is -1.16. The van der Waals surface area contributed by atoms with E-state index in [-0.39, 0.29) is 0 Å². The average Bonchev–Trinajstić information content (AvgIpc) is 2.25. The summed E-state index contributed by atoms with van der Waals surface area (Å²) < 4.78 is 0. The Morgan fingerprint density at radius 1 is 1.47 bits per heavy atom. The summed E-state index contributed by atoms with van der Waals surface area (Å²) >= 11 is 0. The van der Waals surface area contributed by atoms with Crippen LogP contribution in [-0.2, 0) is 6.42 Å². The van der Waals surface area contributed by atoms with Crippen LogP contribution in [0.25, 0.3) is 0 Å². The van der Waals surface area contributed by atoms with Crippen LogP contribution in [0, 0.1) is 0 Å². The molecule has 0 saturated carbocycles. The van der Waals surface area contributed by atoms with Crippen LogP contribution in [0.1, 0.15) is 19.7 Å². The molecule has 0 aliphatic rings. The molecule has 0 unspecified atom stereocenters. The van der Waals surface area contributed by atoms with Crippen LogP contribution in [0.4, 0.5) is 5.82 Å². The second-order valence-electron chi connectivity index (χ2n) is 3.89. The lowest BCUT2D eigenvalue weighted by Gasteiger charge is -2.22. The molecule has 0 radical (unpaired) electrons. The van der Waals surface area contributed by atoms with Crippen LogP contribution in [0.3, 0.4) is 0 Å². The van der Waals surface area contributed by atoms with Crippen LogP contribution < -0.4 is 10.2 Å². The Balaban J connectivity index is 2.73.